The van der Waals surface area contributed by atoms with E-state index in [2.05, 4.69) is 35.4 Å². The SMILES string of the molecule is C/C=C(\C)c1ccc(-n2ccnn2)cc1. The van der Waals surface area contributed by atoms with Gasteiger partial charge < -0.3 is 0 Å². The number of aromatic nitrogens is 3. The summed E-state index contributed by atoms with van der Waals surface area (Å²) in [5.41, 5.74) is 3.54. The van der Waals surface area contributed by atoms with Crippen LogP contribution >= 0.6 is 0 Å². The first-order valence-corrected chi connectivity index (χ1v) is 4.91. The Labute approximate surface area is 89.1 Å². The van der Waals surface area contributed by atoms with Crippen LogP contribution in [0.3, 0.4) is 0 Å². The molecular formula is C12H13N3. The van der Waals surface area contributed by atoms with Gasteiger partial charge in [0.1, 0.15) is 0 Å². The molecule has 0 amide bonds. The summed E-state index contributed by atoms with van der Waals surface area (Å²) in [7, 11) is 0. The Morgan fingerprint density at radius 2 is 2.00 bits per heavy atom. The van der Waals surface area contributed by atoms with Crippen LogP contribution in [0, 0.1) is 0 Å². The number of benzene rings is 1. The van der Waals surface area contributed by atoms with E-state index < -0.39 is 0 Å². The second-order valence-electron chi connectivity index (χ2n) is 3.37. The summed E-state index contributed by atoms with van der Waals surface area (Å²) in [5.74, 6) is 0. The molecule has 0 bridgehead atoms. The van der Waals surface area contributed by atoms with Crippen LogP contribution in [0.5, 0.6) is 0 Å². The third kappa shape index (κ3) is 1.96. The highest BCUT2D eigenvalue weighted by Gasteiger charge is 1.97. The van der Waals surface area contributed by atoms with Crippen LogP contribution in [0.2, 0.25) is 0 Å². The molecular weight excluding hydrogens is 186 g/mol. The van der Waals surface area contributed by atoms with Gasteiger partial charge in [-0.2, -0.15) is 0 Å². The number of nitrogens with zero attached hydrogens (tertiary/aromatic N) is 3. The van der Waals surface area contributed by atoms with Gasteiger partial charge in [-0.25, -0.2) is 4.68 Å². The van der Waals surface area contributed by atoms with Crippen LogP contribution in [0.1, 0.15) is 19.4 Å². The zero-order valence-electron chi connectivity index (χ0n) is 8.88. The number of hydrogen-bond acceptors (Lipinski definition) is 2. The number of hydrogen-bond donors (Lipinski definition) is 0. The van der Waals surface area contributed by atoms with Gasteiger partial charge in [0, 0.05) is 0 Å². The Balaban J connectivity index is 2.33. The van der Waals surface area contributed by atoms with Crippen LogP contribution in [-0.4, -0.2) is 15.0 Å². The first kappa shape index (κ1) is 9.65. The van der Waals surface area contributed by atoms with Crippen molar-refractivity contribution in [1.82, 2.24) is 15.0 Å². The summed E-state index contributed by atoms with van der Waals surface area (Å²) >= 11 is 0. The van der Waals surface area contributed by atoms with E-state index in [9.17, 15) is 0 Å². The minimum Gasteiger partial charge on any atom is -0.221 e. The summed E-state index contributed by atoms with van der Waals surface area (Å²) in [6, 6.07) is 8.26. The number of rotatable bonds is 2. The van der Waals surface area contributed by atoms with Crippen molar-refractivity contribution in [2.45, 2.75) is 13.8 Å². The second-order valence-corrected chi connectivity index (χ2v) is 3.37. The molecule has 76 valence electrons. The van der Waals surface area contributed by atoms with Gasteiger partial charge in [-0.15, -0.1) is 5.10 Å². The molecule has 0 spiro atoms. The molecule has 0 aliphatic carbocycles. The van der Waals surface area contributed by atoms with Gasteiger partial charge in [-0.3, -0.25) is 0 Å². The van der Waals surface area contributed by atoms with Crippen LogP contribution < -0.4 is 0 Å². The van der Waals surface area contributed by atoms with Gasteiger partial charge >= 0.3 is 0 Å². The van der Waals surface area contributed by atoms with Gasteiger partial charge in [-0.1, -0.05) is 23.4 Å². The predicted molar refractivity (Wildman–Crippen MR) is 60.7 cm³/mol. The number of allylic oxidation sites excluding steroid dienone is 2. The lowest BCUT2D eigenvalue weighted by molar-refractivity contribution is 0.803. The molecule has 3 heteroatoms. The maximum atomic E-state index is 3.93. The zero-order chi connectivity index (χ0) is 10.7. The molecule has 0 N–H and O–H groups in total. The Morgan fingerprint density at radius 3 is 2.53 bits per heavy atom. The topological polar surface area (TPSA) is 30.7 Å². The van der Waals surface area contributed by atoms with E-state index in [4.69, 9.17) is 0 Å². The Bertz CT molecular complexity index is 452. The van der Waals surface area contributed by atoms with E-state index in [1.54, 1.807) is 10.9 Å². The van der Waals surface area contributed by atoms with E-state index in [0.29, 0.717) is 0 Å². The molecule has 3 nitrogen and oxygen atoms in total. The molecule has 0 fully saturated rings. The third-order valence-electron chi connectivity index (χ3n) is 2.44. The molecule has 0 saturated carbocycles. The van der Waals surface area contributed by atoms with Gasteiger partial charge in [0.2, 0.25) is 0 Å². The Kier molecular flexibility index (Phi) is 2.63. The molecule has 0 radical (unpaired) electrons. The average molecular weight is 199 g/mol. The highest BCUT2D eigenvalue weighted by atomic mass is 15.4. The summed E-state index contributed by atoms with van der Waals surface area (Å²) < 4.78 is 1.74. The van der Waals surface area contributed by atoms with Crippen LogP contribution in [0.4, 0.5) is 0 Å². The molecule has 1 aromatic heterocycles. The highest BCUT2D eigenvalue weighted by molar-refractivity contribution is 5.64. The largest absolute Gasteiger partial charge is 0.221 e. The van der Waals surface area contributed by atoms with Gasteiger partial charge in [0.25, 0.3) is 0 Å². The summed E-state index contributed by atoms with van der Waals surface area (Å²) in [6.45, 7) is 4.14. The zero-order valence-corrected chi connectivity index (χ0v) is 8.88. The standard InChI is InChI=1S/C12H13N3/c1-3-10(2)11-4-6-12(7-5-11)15-9-8-13-14-15/h3-9H,1-2H3/b10-3+. The monoisotopic (exact) mass is 199 g/mol. The third-order valence-corrected chi connectivity index (χ3v) is 2.44. The molecule has 1 aromatic carbocycles. The van der Waals surface area contributed by atoms with Crippen molar-refractivity contribution < 1.29 is 0 Å². The van der Waals surface area contributed by atoms with Crippen molar-refractivity contribution in [1.29, 1.82) is 0 Å². The van der Waals surface area contributed by atoms with Crippen molar-refractivity contribution >= 4 is 5.57 Å². The minimum atomic E-state index is 1.03. The Hall–Kier alpha value is -1.90. The van der Waals surface area contributed by atoms with E-state index in [-0.39, 0.29) is 0 Å². The lowest BCUT2D eigenvalue weighted by Gasteiger charge is -2.03. The van der Waals surface area contributed by atoms with E-state index in [0.717, 1.165) is 5.69 Å². The lowest BCUT2D eigenvalue weighted by Crippen LogP contribution is -1.94. The first-order chi connectivity index (χ1) is 7.31. The molecule has 2 rings (SSSR count). The Morgan fingerprint density at radius 1 is 1.27 bits per heavy atom. The molecule has 0 aliphatic rings. The highest BCUT2D eigenvalue weighted by Crippen LogP contribution is 2.15. The molecule has 0 unspecified atom stereocenters. The minimum absolute atomic E-state index is 1.03. The summed E-state index contributed by atoms with van der Waals surface area (Å²) in [6.07, 6.45) is 5.60. The first-order valence-electron chi connectivity index (χ1n) is 4.91. The summed E-state index contributed by atoms with van der Waals surface area (Å²) in [4.78, 5) is 0. The van der Waals surface area contributed by atoms with E-state index in [1.807, 2.05) is 25.3 Å². The molecule has 0 atom stereocenters. The fourth-order valence-corrected chi connectivity index (χ4v) is 1.39. The van der Waals surface area contributed by atoms with Crippen molar-refractivity contribution in [3.05, 3.63) is 48.3 Å². The van der Waals surface area contributed by atoms with Crippen molar-refractivity contribution in [3.8, 4) is 5.69 Å². The lowest BCUT2D eigenvalue weighted by atomic mass is 10.1. The molecule has 0 aliphatic heterocycles. The van der Waals surface area contributed by atoms with Gasteiger partial charge in [0.05, 0.1) is 18.1 Å². The smallest absolute Gasteiger partial charge is 0.0697 e. The molecule has 0 saturated heterocycles. The van der Waals surface area contributed by atoms with Gasteiger partial charge in [-0.05, 0) is 37.1 Å². The fourth-order valence-electron chi connectivity index (χ4n) is 1.39. The van der Waals surface area contributed by atoms with Crippen LogP contribution in [0.25, 0.3) is 11.3 Å². The van der Waals surface area contributed by atoms with Crippen molar-refractivity contribution in [2.75, 3.05) is 0 Å². The molecule has 15 heavy (non-hydrogen) atoms. The second kappa shape index (κ2) is 4.09. The maximum absolute atomic E-state index is 3.93. The summed E-state index contributed by atoms with van der Waals surface area (Å²) in [5, 5.41) is 7.71. The quantitative estimate of drug-likeness (QED) is 0.744. The van der Waals surface area contributed by atoms with Crippen molar-refractivity contribution in [2.24, 2.45) is 0 Å². The molecule has 2 aromatic rings. The van der Waals surface area contributed by atoms with E-state index in [1.165, 1.54) is 11.1 Å². The van der Waals surface area contributed by atoms with E-state index >= 15 is 0 Å². The fraction of sp³-hybridized carbons (Fsp3) is 0.167. The van der Waals surface area contributed by atoms with Crippen molar-refractivity contribution in [3.63, 3.8) is 0 Å². The van der Waals surface area contributed by atoms with Crippen LogP contribution in [0.15, 0.2) is 42.7 Å². The predicted octanol–water partition coefficient (Wildman–Crippen LogP) is 2.69. The average Bonchev–Trinajstić information content (AvgIpc) is 2.82. The maximum Gasteiger partial charge on any atom is 0.0697 e. The molecule has 1 heterocycles. The van der Waals surface area contributed by atoms with Crippen LogP contribution in [-0.2, 0) is 0 Å². The normalized spacial score (nSPS) is 11.7. The van der Waals surface area contributed by atoms with Gasteiger partial charge in [0.15, 0.2) is 0 Å².